The van der Waals surface area contributed by atoms with E-state index in [1.165, 1.54) is 6.92 Å². The monoisotopic (exact) mass is 206 g/mol. The molecule has 0 aliphatic rings. The molecule has 0 rings (SSSR count). The number of aliphatic hydroxyl groups is 5. The van der Waals surface area contributed by atoms with E-state index < -0.39 is 30.2 Å². The van der Waals surface area contributed by atoms with E-state index in [0.29, 0.717) is 5.57 Å². The van der Waals surface area contributed by atoms with E-state index in [2.05, 4.69) is 0 Å². The molecule has 14 heavy (non-hydrogen) atoms. The zero-order valence-corrected chi connectivity index (χ0v) is 8.55. The molecule has 0 aliphatic heterocycles. The summed E-state index contributed by atoms with van der Waals surface area (Å²) in [4.78, 5) is 0. The van der Waals surface area contributed by atoms with E-state index in [1.807, 2.05) is 0 Å². The van der Waals surface area contributed by atoms with E-state index in [0.717, 1.165) is 0 Å². The molecule has 0 unspecified atom stereocenters. The van der Waals surface area contributed by atoms with Crippen LogP contribution >= 0.6 is 0 Å². The van der Waals surface area contributed by atoms with Gasteiger partial charge in [0.1, 0.15) is 24.1 Å². The molecule has 0 amide bonds. The highest BCUT2D eigenvalue weighted by Crippen LogP contribution is 2.13. The molecule has 84 valence electrons. The average Bonchev–Trinajstić information content (AvgIpc) is 2.12. The third-order valence-corrected chi connectivity index (χ3v) is 1.96. The van der Waals surface area contributed by atoms with Crippen LogP contribution in [0.1, 0.15) is 20.8 Å². The van der Waals surface area contributed by atoms with Gasteiger partial charge in [0.2, 0.25) is 0 Å². The van der Waals surface area contributed by atoms with Crippen molar-refractivity contribution in [1.29, 1.82) is 0 Å². The van der Waals surface area contributed by atoms with Gasteiger partial charge in [-0.1, -0.05) is 0 Å². The van der Waals surface area contributed by atoms with Crippen molar-refractivity contribution in [3.05, 3.63) is 11.3 Å². The lowest BCUT2D eigenvalue weighted by atomic mass is 10.0. The maximum atomic E-state index is 9.35. The summed E-state index contributed by atoms with van der Waals surface area (Å²) in [6, 6.07) is 0. The SMILES string of the molecule is CC(C)=C(O)[C@@H](O)[C@H](O)[C@H](O)[C@H](C)O. The Morgan fingerprint density at radius 3 is 1.64 bits per heavy atom. The zero-order chi connectivity index (χ0) is 11.5. The van der Waals surface area contributed by atoms with Gasteiger partial charge < -0.3 is 25.5 Å². The van der Waals surface area contributed by atoms with Crippen molar-refractivity contribution in [3.8, 4) is 0 Å². The second kappa shape index (κ2) is 5.31. The van der Waals surface area contributed by atoms with Crippen LogP contribution in [0, 0.1) is 0 Å². The van der Waals surface area contributed by atoms with Gasteiger partial charge in [-0.2, -0.15) is 0 Å². The maximum Gasteiger partial charge on any atom is 0.139 e. The molecule has 0 saturated carbocycles. The van der Waals surface area contributed by atoms with E-state index >= 15 is 0 Å². The van der Waals surface area contributed by atoms with Crippen LogP contribution in [0.2, 0.25) is 0 Å². The average molecular weight is 206 g/mol. The summed E-state index contributed by atoms with van der Waals surface area (Å²) in [6.45, 7) is 4.39. The molecule has 0 aromatic carbocycles. The third kappa shape index (κ3) is 3.26. The van der Waals surface area contributed by atoms with Crippen LogP contribution in [-0.2, 0) is 0 Å². The van der Waals surface area contributed by atoms with E-state index in [-0.39, 0.29) is 0 Å². The molecule has 0 bridgehead atoms. The number of aliphatic hydroxyl groups excluding tert-OH is 5. The lowest BCUT2D eigenvalue weighted by Gasteiger charge is -2.24. The van der Waals surface area contributed by atoms with Gasteiger partial charge in [-0.3, -0.25) is 0 Å². The fourth-order valence-corrected chi connectivity index (χ4v) is 0.930. The topological polar surface area (TPSA) is 101 Å². The van der Waals surface area contributed by atoms with Gasteiger partial charge in [-0.25, -0.2) is 0 Å². The Bertz CT molecular complexity index is 207. The molecule has 5 nitrogen and oxygen atoms in total. The maximum absolute atomic E-state index is 9.35. The van der Waals surface area contributed by atoms with Crippen LogP contribution in [0.3, 0.4) is 0 Å². The van der Waals surface area contributed by atoms with Crippen LogP contribution in [0.4, 0.5) is 0 Å². The van der Waals surface area contributed by atoms with E-state index in [4.69, 9.17) is 5.11 Å². The highest BCUT2D eigenvalue weighted by molar-refractivity contribution is 5.08. The second-order valence-corrected chi connectivity index (χ2v) is 3.55. The number of hydrogen-bond acceptors (Lipinski definition) is 5. The molecule has 0 aromatic heterocycles. The van der Waals surface area contributed by atoms with Crippen molar-refractivity contribution in [2.45, 2.75) is 45.2 Å². The summed E-state index contributed by atoms with van der Waals surface area (Å²) in [7, 11) is 0. The van der Waals surface area contributed by atoms with E-state index in [9.17, 15) is 20.4 Å². The predicted octanol–water partition coefficient (Wildman–Crippen LogP) is -0.698. The fourth-order valence-electron chi connectivity index (χ4n) is 0.930. The van der Waals surface area contributed by atoms with Crippen LogP contribution in [0.5, 0.6) is 0 Å². The Morgan fingerprint density at radius 1 is 0.929 bits per heavy atom. The van der Waals surface area contributed by atoms with Crippen molar-refractivity contribution in [1.82, 2.24) is 0 Å². The van der Waals surface area contributed by atoms with Crippen molar-refractivity contribution < 1.29 is 25.5 Å². The first-order valence-corrected chi connectivity index (χ1v) is 4.37. The summed E-state index contributed by atoms with van der Waals surface area (Å²) in [5.74, 6) is -0.391. The summed E-state index contributed by atoms with van der Waals surface area (Å²) >= 11 is 0. The lowest BCUT2D eigenvalue weighted by molar-refractivity contribution is -0.0979. The third-order valence-electron chi connectivity index (χ3n) is 1.96. The zero-order valence-electron chi connectivity index (χ0n) is 8.55. The Hall–Kier alpha value is -0.620. The van der Waals surface area contributed by atoms with Crippen molar-refractivity contribution in [2.24, 2.45) is 0 Å². The standard InChI is InChI=1S/C9H18O5/c1-4(2)6(11)8(13)9(14)7(12)5(3)10/h5,7-14H,1-3H3/t5-,7+,8+,9+/m0/s1. The summed E-state index contributed by atoms with van der Waals surface area (Å²) in [6.07, 6.45) is -5.86. The lowest BCUT2D eigenvalue weighted by Crippen LogP contribution is -2.44. The molecule has 0 aromatic rings. The number of rotatable bonds is 4. The highest BCUT2D eigenvalue weighted by atomic mass is 16.4. The van der Waals surface area contributed by atoms with Crippen LogP contribution in [0.15, 0.2) is 11.3 Å². The Kier molecular flexibility index (Phi) is 5.07. The van der Waals surface area contributed by atoms with Crippen LogP contribution in [-0.4, -0.2) is 49.9 Å². The highest BCUT2D eigenvalue weighted by Gasteiger charge is 2.30. The van der Waals surface area contributed by atoms with Gasteiger partial charge in [0, 0.05) is 0 Å². The quantitative estimate of drug-likeness (QED) is 0.392. The Morgan fingerprint density at radius 2 is 1.36 bits per heavy atom. The largest absolute Gasteiger partial charge is 0.510 e. The predicted molar refractivity (Wildman–Crippen MR) is 50.7 cm³/mol. The minimum atomic E-state index is -1.61. The van der Waals surface area contributed by atoms with Crippen molar-refractivity contribution >= 4 is 0 Å². The van der Waals surface area contributed by atoms with Gasteiger partial charge in [0.15, 0.2) is 0 Å². The first-order valence-electron chi connectivity index (χ1n) is 4.37. The van der Waals surface area contributed by atoms with Gasteiger partial charge in [-0.05, 0) is 26.3 Å². The first kappa shape index (κ1) is 13.4. The first-order chi connectivity index (χ1) is 6.29. The van der Waals surface area contributed by atoms with Gasteiger partial charge >= 0.3 is 0 Å². The van der Waals surface area contributed by atoms with Gasteiger partial charge in [-0.15, -0.1) is 0 Å². The van der Waals surface area contributed by atoms with Crippen molar-refractivity contribution in [2.75, 3.05) is 0 Å². The number of allylic oxidation sites excluding steroid dienone is 1. The molecular formula is C9H18O5. The normalized spacial score (nSPS) is 19.6. The second-order valence-electron chi connectivity index (χ2n) is 3.55. The molecule has 0 aliphatic carbocycles. The summed E-state index contributed by atoms with van der Waals surface area (Å²) in [5.41, 5.74) is 0.439. The molecule has 0 radical (unpaired) electrons. The molecule has 0 heterocycles. The Labute approximate surface area is 82.9 Å². The molecule has 5 N–H and O–H groups in total. The minimum absolute atomic E-state index is 0.391. The van der Waals surface area contributed by atoms with Gasteiger partial charge in [0.05, 0.1) is 6.10 Å². The molecule has 4 atom stereocenters. The molecule has 0 saturated heterocycles. The van der Waals surface area contributed by atoms with Crippen LogP contribution < -0.4 is 0 Å². The smallest absolute Gasteiger partial charge is 0.139 e. The molecule has 0 fully saturated rings. The van der Waals surface area contributed by atoms with E-state index in [1.54, 1.807) is 13.8 Å². The summed E-state index contributed by atoms with van der Waals surface area (Å²) in [5, 5.41) is 46.1. The fraction of sp³-hybridized carbons (Fsp3) is 0.778. The molecular weight excluding hydrogens is 188 g/mol. The minimum Gasteiger partial charge on any atom is -0.510 e. The summed E-state index contributed by atoms with van der Waals surface area (Å²) < 4.78 is 0. The van der Waals surface area contributed by atoms with Crippen molar-refractivity contribution in [3.63, 3.8) is 0 Å². The molecule has 5 heteroatoms. The van der Waals surface area contributed by atoms with Gasteiger partial charge in [0.25, 0.3) is 0 Å². The number of hydrogen-bond donors (Lipinski definition) is 5. The Balaban J connectivity index is 4.55. The van der Waals surface area contributed by atoms with Crippen LogP contribution in [0.25, 0.3) is 0 Å². The molecule has 0 spiro atoms.